The molecule has 2 atom stereocenters. The number of likely N-dealkylation sites (tertiary alicyclic amines) is 1. The van der Waals surface area contributed by atoms with E-state index >= 15 is 0 Å². The maximum atomic E-state index is 13.5. The minimum Gasteiger partial charge on any atom is -0.349 e. The summed E-state index contributed by atoms with van der Waals surface area (Å²) in [6, 6.07) is 16.2. The van der Waals surface area contributed by atoms with E-state index in [0.717, 1.165) is 37.4 Å². The molecule has 29 heavy (non-hydrogen) atoms. The van der Waals surface area contributed by atoms with Gasteiger partial charge in [-0.15, -0.1) is 0 Å². The smallest absolute Gasteiger partial charge is 0.167 e. The van der Waals surface area contributed by atoms with Crippen molar-refractivity contribution in [3.63, 3.8) is 0 Å². The van der Waals surface area contributed by atoms with Crippen molar-refractivity contribution in [1.29, 1.82) is 0 Å². The third-order valence-corrected chi connectivity index (χ3v) is 6.13. The van der Waals surface area contributed by atoms with Crippen LogP contribution in [0.15, 0.2) is 60.9 Å². The van der Waals surface area contributed by atoms with E-state index < -0.39 is 0 Å². The molecule has 2 aromatic carbocycles. The van der Waals surface area contributed by atoms with Crippen molar-refractivity contribution >= 4 is 5.78 Å². The summed E-state index contributed by atoms with van der Waals surface area (Å²) in [4.78, 5) is 23.4. The summed E-state index contributed by atoms with van der Waals surface area (Å²) in [6.45, 7) is 6.86. The van der Waals surface area contributed by atoms with Crippen molar-refractivity contribution in [1.82, 2.24) is 14.9 Å². The zero-order valence-corrected chi connectivity index (χ0v) is 17.1. The predicted octanol–water partition coefficient (Wildman–Crippen LogP) is 4.37. The fraction of sp³-hybridized carbons (Fsp3) is 0.320. The van der Waals surface area contributed by atoms with Gasteiger partial charge in [-0.3, -0.25) is 4.79 Å². The van der Waals surface area contributed by atoms with E-state index in [2.05, 4.69) is 53.3 Å². The van der Waals surface area contributed by atoms with Crippen molar-refractivity contribution < 1.29 is 4.79 Å². The van der Waals surface area contributed by atoms with E-state index in [1.54, 1.807) is 6.20 Å². The SMILES string of the molecule is Cc1cccc([C@H]2[CH]CN(CCc3ncc[nH]3)C[C@H]2C(=O)c2ccccc2)c1C. The van der Waals surface area contributed by atoms with Crippen LogP contribution in [0.3, 0.4) is 0 Å². The minimum atomic E-state index is -0.0803. The lowest BCUT2D eigenvalue weighted by molar-refractivity contribution is 0.0829. The number of imidazole rings is 1. The molecule has 0 aliphatic carbocycles. The van der Waals surface area contributed by atoms with E-state index in [1.807, 2.05) is 36.5 Å². The highest BCUT2D eigenvalue weighted by Gasteiger charge is 2.36. The minimum absolute atomic E-state index is 0.0803. The first kappa shape index (κ1) is 19.6. The van der Waals surface area contributed by atoms with Gasteiger partial charge in [-0.05, 0) is 42.9 Å². The highest BCUT2D eigenvalue weighted by Crippen LogP contribution is 2.36. The second-order valence-electron chi connectivity index (χ2n) is 7.93. The zero-order valence-electron chi connectivity index (χ0n) is 17.1. The highest BCUT2D eigenvalue weighted by atomic mass is 16.1. The summed E-state index contributed by atoms with van der Waals surface area (Å²) < 4.78 is 0. The van der Waals surface area contributed by atoms with Crippen molar-refractivity contribution in [3.8, 4) is 0 Å². The van der Waals surface area contributed by atoms with Crippen LogP contribution in [0.1, 0.15) is 38.8 Å². The molecule has 1 aliphatic rings. The molecule has 149 valence electrons. The third-order valence-electron chi connectivity index (χ3n) is 6.13. The number of carbonyl (C=O) groups excluding carboxylic acids is 1. The Bertz CT molecular complexity index is 949. The molecule has 4 nitrogen and oxygen atoms in total. The van der Waals surface area contributed by atoms with Gasteiger partial charge in [0.05, 0.1) is 0 Å². The molecule has 0 unspecified atom stereocenters. The summed E-state index contributed by atoms with van der Waals surface area (Å²) in [5.74, 6) is 1.29. The maximum Gasteiger partial charge on any atom is 0.167 e. The Hall–Kier alpha value is -2.72. The number of piperidine rings is 1. The van der Waals surface area contributed by atoms with E-state index in [1.165, 1.54) is 16.7 Å². The molecule has 1 saturated heterocycles. The number of rotatable bonds is 6. The Balaban J connectivity index is 1.59. The topological polar surface area (TPSA) is 49.0 Å². The monoisotopic (exact) mass is 386 g/mol. The van der Waals surface area contributed by atoms with Gasteiger partial charge in [0.2, 0.25) is 0 Å². The zero-order chi connectivity index (χ0) is 20.2. The normalized spacial score (nSPS) is 19.9. The van der Waals surface area contributed by atoms with Crippen molar-refractivity contribution in [2.45, 2.75) is 26.2 Å². The molecule has 1 N–H and O–H groups in total. The standard InChI is InChI=1S/C25H28N3O/c1-18-7-6-10-21(19(18)2)22-11-15-28(16-12-24-26-13-14-27-24)17-23(22)25(29)20-8-4-3-5-9-20/h3-11,13-14,22-23H,12,15-17H2,1-2H3,(H,26,27)/t22-,23-/m1/s1. The molecule has 1 radical (unpaired) electrons. The van der Waals surface area contributed by atoms with Gasteiger partial charge in [0.1, 0.15) is 5.82 Å². The summed E-state index contributed by atoms with van der Waals surface area (Å²) in [5.41, 5.74) is 4.66. The molecule has 1 fully saturated rings. The number of nitrogens with zero attached hydrogens (tertiary/aromatic N) is 2. The lowest BCUT2D eigenvalue weighted by Gasteiger charge is -2.38. The number of hydrogen-bond donors (Lipinski definition) is 1. The molecular weight excluding hydrogens is 358 g/mol. The molecule has 0 amide bonds. The molecule has 1 aliphatic heterocycles. The average molecular weight is 387 g/mol. The Morgan fingerprint density at radius 3 is 2.72 bits per heavy atom. The van der Waals surface area contributed by atoms with Crippen LogP contribution in [0.5, 0.6) is 0 Å². The molecule has 3 aromatic rings. The van der Waals surface area contributed by atoms with Crippen LogP contribution in [0, 0.1) is 26.2 Å². The lowest BCUT2D eigenvalue weighted by Crippen LogP contribution is -2.44. The fourth-order valence-electron chi connectivity index (χ4n) is 4.32. The summed E-state index contributed by atoms with van der Waals surface area (Å²) >= 11 is 0. The summed E-state index contributed by atoms with van der Waals surface area (Å²) in [5, 5.41) is 0. The maximum absolute atomic E-state index is 13.5. The van der Waals surface area contributed by atoms with Crippen LogP contribution >= 0.6 is 0 Å². The number of aromatic nitrogens is 2. The molecule has 2 heterocycles. The first-order valence-corrected chi connectivity index (χ1v) is 10.3. The molecular formula is C25H28N3O. The van der Waals surface area contributed by atoms with E-state index in [-0.39, 0.29) is 17.6 Å². The first-order valence-electron chi connectivity index (χ1n) is 10.3. The Morgan fingerprint density at radius 1 is 1.14 bits per heavy atom. The number of carbonyl (C=O) groups is 1. The van der Waals surface area contributed by atoms with Gasteiger partial charge in [-0.1, -0.05) is 48.5 Å². The van der Waals surface area contributed by atoms with E-state index in [4.69, 9.17) is 0 Å². The number of ketones is 1. The molecule has 0 bridgehead atoms. The van der Waals surface area contributed by atoms with Gasteiger partial charge in [0.15, 0.2) is 5.78 Å². The second-order valence-corrected chi connectivity index (χ2v) is 7.93. The molecule has 1 aromatic heterocycles. The van der Waals surface area contributed by atoms with Gasteiger partial charge < -0.3 is 9.88 Å². The molecule has 0 spiro atoms. The van der Waals surface area contributed by atoms with Gasteiger partial charge >= 0.3 is 0 Å². The van der Waals surface area contributed by atoms with Crippen LogP contribution in [0.25, 0.3) is 0 Å². The number of aryl methyl sites for hydroxylation is 1. The molecule has 4 heteroatoms. The van der Waals surface area contributed by atoms with Crippen LogP contribution in [0.4, 0.5) is 0 Å². The fourth-order valence-corrected chi connectivity index (χ4v) is 4.32. The van der Waals surface area contributed by atoms with Gasteiger partial charge in [0.25, 0.3) is 0 Å². The van der Waals surface area contributed by atoms with Crippen molar-refractivity contribution in [3.05, 3.63) is 95.4 Å². The number of hydrogen-bond acceptors (Lipinski definition) is 3. The number of H-pyrrole nitrogens is 1. The van der Waals surface area contributed by atoms with Crippen molar-refractivity contribution in [2.75, 3.05) is 19.6 Å². The quantitative estimate of drug-likeness (QED) is 0.640. The second kappa shape index (κ2) is 8.75. The number of Topliss-reactive ketones (excluding diaryl/α,β-unsaturated/α-hetero) is 1. The molecule has 4 rings (SSSR count). The van der Waals surface area contributed by atoms with E-state index in [9.17, 15) is 4.79 Å². The lowest BCUT2D eigenvalue weighted by atomic mass is 9.75. The number of benzene rings is 2. The number of nitrogens with one attached hydrogen (secondary N) is 1. The average Bonchev–Trinajstić information content (AvgIpc) is 3.28. The highest BCUT2D eigenvalue weighted by molar-refractivity contribution is 5.98. The van der Waals surface area contributed by atoms with Gasteiger partial charge in [-0.25, -0.2) is 4.98 Å². The predicted molar refractivity (Wildman–Crippen MR) is 116 cm³/mol. The summed E-state index contributed by atoms with van der Waals surface area (Å²) in [6.07, 6.45) is 6.84. The van der Waals surface area contributed by atoms with Crippen LogP contribution in [-0.4, -0.2) is 40.3 Å². The van der Waals surface area contributed by atoms with Gasteiger partial charge in [0, 0.05) is 49.9 Å². The molecule has 0 saturated carbocycles. The summed E-state index contributed by atoms with van der Waals surface area (Å²) in [7, 11) is 0. The first-order chi connectivity index (χ1) is 14.1. The third kappa shape index (κ3) is 4.33. The Morgan fingerprint density at radius 2 is 1.97 bits per heavy atom. The number of aromatic amines is 1. The van der Waals surface area contributed by atoms with Crippen LogP contribution in [-0.2, 0) is 6.42 Å². The Labute approximate surface area is 173 Å². The largest absolute Gasteiger partial charge is 0.349 e. The van der Waals surface area contributed by atoms with Crippen LogP contribution in [0.2, 0.25) is 0 Å². The van der Waals surface area contributed by atoms with E-state index in [0.29, 0.717) is 0 Å². The van der Waals surface area contributed by atoms with Crippen LogP contribution < -0.4 is 0 Å². The van der Waals surface area contributed by atoms with Gasteiger partial charge in [-0.2, -0.15) is 0 Å². The Kier molecular flexibility index (Phi) is 5.91. The van der Waals surface area contributed by atoms with Crippen molar-refractivity contribution in [2.24, 2.45) is 5.92 Å².